The van der Waals surface area contributed by atoms with Crippen molar-refractivity contribution in [1.82, 2.24) is 5.32 Å². The third-order valence-electron chi connectivity index (χ3n) is 4.44. The van der Waals surface area contributed by atoms with E-state index in [9.17, 15) is 4.79 Å². The summed E-state index contributed by atoms with van der Waals surface area (Å²) < 4.78 is 0. The van der Waals surface area contributed by atoms with E-state index in [2.05, 4.69) is 12.2 Å². The largest absolute Gasteiger partial charge is 0.391 e. The van der Waals surface area contributed by atoms with Gasteiger partial charge in [0.1, 0.15) is 0 Å². The van der Waals surface area contributed by atoms with Crippen LogP contribution in [0.3, 0.4) is 0 Å². The number of thiocarbonyl (C=S) groups is 1. The second-order valence-electron chi connectivity index (χ2n) is 5.75. The molecule has 1 amide bonds. The number of nitrogens with two attached hydrogens (primary N) is 1. The lowest BCUT2D eigenvalue weighted by Gasteiger charge is -2.41. The van der Waals surface area contributed by atoms with E-state index in [-0.39, 0.29) is 11.8 Å². The van der Waals surface area contributed by atoms with E-state index in [1.165, 1.54) is 6.42 Å². The molecule has 4 heteroatoms. The number of amides is 1. The van der Waals surface area contributed by atoms with Crippen molar-refractivity contribution in [1.29, 1.82) is 0 Å². The molecule has 0 heterocycles. The molecule has 3 N–H and O–H groups in total. The van der Waals surface area contributed by atoms with Crippen LogP contribution in [0.15, 0.2) is 0 Å². The summed E-state index contributed by atoms with van der Waals surface area (Å²) in [6.45, 7) is 2.25. The first-order valence-corrected chi connectivity index (χ1v) is 7.06. The van der Waals surface area contributed by atoms with Crippen molar-refractivity contribution in [2.75, 3.05) is 0 Å². The molecule has 0 aromatic carbocycles. The van der Waals surface area contributed by atoms with Gasteiger partial charge in [-0.2, -0.15) is 0 Å². The van der Waals surface area contributed by atoms with Crippen molar-refractivity contribution in [3.8, 4) is 0 Å². The second-order valence-corrected chi connectivity index (χ2v) is 6.19. The summed E-state index contributed by atoms with van der Waals surface area (Å²) in [5.41, 5.74) is 5.48. The van der Waals surface area contributed by atoms with Gasteiger partial charge in [0, 0.05) is 5.92 Å². The van der Waals surface area contributed by atoms with Gasteiger partial charge in [-0.15, -0.1) is 0 Å². The molecule has 0 spiro atoms. The van der Waals surface area contributed by atoms with Crippen LogP contribution in [-0.4, -0.2) is 16.4 Å². The summed E-state index contributed by atoms with van der Waals surface area (Å²) in [7, 11) is 0. The summed E-state index contributed by atoms with van der Waals surface area (Å²) in [6.07, 6.45) is 7.23. The third kappa shape index (κ3) is 2.62. The van der Waals surface area contributed by atoms with Crippen molar-refractivity contribution in [3.63, 3.8) is 0 Å². The van der Waals surface area contributed by atoms with E-state index in [1.54, 1.807) is 0 Å². The van der Waals surface area contributed by atoms with Crippen LogP contribution in [0.4, 0.5) is 0 Å². The minimum absolute atomic E-state index is 0.165. The predicted octanol–water partition coefficient (Wildman–Crippen LogP) is 2.14. The van der Waals surface area contributed by atoms with Gasteiger partial charge in [-0.1, -0.05) is 25.6 Å². The van der Waals surface area contributed by atoms with Gasteiger partial charge < -0.3 is 11.1 Å². The minimum Gasteiger partial charge on any atom is -0.391 e. The lowest BCUT2D eigenvalue weighted by atomic mass is 9.76. The zero-order valence-electron chi connectivity index (χ0n) is 10.5. The number of nitrogens with one attached hydrogen (secondary N) is 1. The molecular weight excluding hydrogens is 232 g/mol. The highest BCUT2D eigenvalue weighted by atomic mass is 32.1. The quantitative estimate of drug-likeness (QED) is 0.759. The maximum atomic E-state index is 12.1. The van der Waals surface area contributed by atoms with Gasteiger partial charge in [0.2, 0.25) is 5.91 Å². The molecular formula is C13H22N2OS. The number of carbonyl (C=O) groups excluding carboxylic acids is 1. The van der Waals surface area contributed by atoms with Crippen molar-refractivity contribution in [3.05, 3.63) is 0 Å². The number of hydrogen-bond donors (Lipinski definition) is 2. The first-order chi connectivity index (χ1) is 8.03. The zero-order chi connectivity index (χ0) is 12.5. The fourth-order valence-electron chi connectivity index (χ4n) is 2.70. The Morgan fingerprint density at radius 1 is 1.29 bits per heavy atom. The van der Waals surface area contributed by atoms with Crippen molar-refractivity contribution in [2.24, 2.45) is 17.6 Å². The molecule has 2 rings (SSSR count). The third-order valence-corrected chi connectivity index (χ3v) is 4.83. The molecule has 0 radical (unpaired) electrons. The van der Waals surface area contributed by atoms with Gasteiger partial charge in [-0.25, -0.2) is 0 Å². The number of carbonyl (C=O) groups is 1. The molecule has 17 heavy (non-hydrogen) atoms. The van der Waals surface area contributed by atoms with Crippen LogP contribution in [0.25, 0.3) is 0 Å². The van der Waals surface area contributed by atoms with Gasteiger partial charge in [0.25, 0.3) is 0 Å². The first-order valence-electron chi connectivity index (χ1n) is 6.65. The molecule has 0 aliphatic heterocycles. The summed E-state index contributed by atoms with van der Waals surface area (Å²) in [5, 5.41) is 3.15. The van der Waals surface area contributed by atoms with E-state index in [4.69, 9.17) is 18.0 Å². The summed E-state index contributed by atoms with van der Waals surface area (Å²) >= 11 is 5.19. The average molecular weight is 254 g/mol. The minimum atomic E-state index is -0.394. The maximum absolute atomic E-state index is 12.1. The first kappa shape index (κ1) is 12.8. The maximum Gasteiger partial charge on any atom is 0.223 e. The van der Waals surface area contributed by atoms with Gasteiger partial charge in [0.15, 0.2) is 0 Å². The number of hydrogen-bond acceptors (Lipinski definition) is 2. The summed E-state index contributed by atoms with van der Waals surface area (Å²) in [4.78, 5) is 12.5. The molecule has 2 aliphatic carbocycles. The monoisotopic (exact) mass is 254 g/mol. The molecule has 2 fully saturated rings. The molecule has 2 aliphatic rings. The Hall–Kier alpha value is -0.640. The Morgan fingerprint density at radius 2 is 1.88 bits per heavy atom. The predicted molar refractivity (Wildman–Crippen MR) is 72.6 cm³/mol. The molecule has 0 unspecified atom stereocenters. The van der Waals surface area contributed by atoms with Crippen LogP contribution in [0.5, 0.6) is 0 Å². The van der Waals surface area contributed by atoms with E-state index >= 15 is 0 Å². The van der Waals surface area contributed by atoms with Crippen LogP contribution < -0.4 is 11.1 Å². The molecule has 0 aromatic rings. The molecule has 3 nitrogen and oxygen atoms in total. The molecule has 96 valence electrons. The standard InChI is InChI=1S/C13H22N2OS/c1-9-5-7-13(8-6-9,12(14)17)15-11(16)10-3-2-4-10/h9-10H,2-8H2,1H3,(H2,14,17)(H,15,16). The van der Waals surface area contributed by atoms with Gasteiger partial charge in [-0.05, 0) is 44.4 Å². The molecule has 2 saturated carbocycles. The second kappa shape index (κ2) is 4.92. The normalized spacial score (nSPS) is 33.8. The van der Waals surface area contributed by atoms with Crippen LogP contribution in [0.2, 0.25) is 0 Å². The van der Waals surface area contributed by atoms with Gasteiger partial charge in [0.05, 0.1) is 10.5 Å². The lowest BCUT2D eigenvalue weighted by Crippen LogP contribution is -2.59. The summed E-state index contributed by atoms with van der Waals surface area (Å²) in [6, 6.07) is 0. The van der Waals surface area contributed by atoms with E-state index in [1.807, 2.05) is 0 Å². The Bertz CT molecular complexity index is 317. The van der Waals surface area contributed by atoms with E-state index in [0.29, 0.717) is 4.99 Å². The molecule has 0 atom stereocenters. The smallest absolute Gasteiger partial charge is 0.223 e. The highest BCUT2D eigenvalue weighted by Crippen LogP contribution is 2.34. The van der Waals surface area contributed by atoms with Gasteiger partial charge >= 0.3 is 0 Å². The highest BCUT2D eigenvalue weighted by molar-refractivity contribution is 7.80. The van der Waals surface area contributed by atoms with Crippen LogP contribution in [-0.2, 0) is 4.79 Å². The molecule has 0 saturated heterocycles. The Kier molecular flexibility index (Phi) is 3.71. The Morgan fingerprint density at radius 3 is 2.29 bits per heavy atom. The van der Waals surface area contributed by atoms with Crippen molar-refractivity contribution in [2.45, 2.75) is 57.4 Å². The molecule has 0 bridgehead atoms. The Balaban J connectivity index is 2.01. The van der Waals surface area contributed by atoms with Crippen LogP contribution in [0.1, 0.15) is 51.9 Å². The van der Waals surface area contributed by atoms with E-state index < -0.39 is 5.54 Å². The topological polar surface area (TPSA) is 55.1 Å². The van der Waals surface area contributed by atoms with Crippen LogP contribution in [0, 0.1) is 11.8 Å². The summed E-state index contributed by atoms with van der Waals surface area (Å²) in [5.74, 6) is 1.09. The SMILES string of the molecule is CC1CCC(NC(=O)C2CCC2)(C(N)=S)CC1. The lowest BCUT2D eigenvalue weighted by molar-refractivity contribution is -0.129. The fourth-order valence-corrected chi connectivity index (χ4v) is 2.95. The van der Waals surface area contributed by atoms with Crippen molar-refractivity contribution >= 4 is 23.1 Å². The number of rotatable bonds is 3. The highest BCUT2D eigenvalue weighted by Gasteiger charge is 2.40. The zero-order valence-corrected chi connectivity index (χ0v) is 11.3. The molecule has 0 aromatic heterocycles. The van der Waals surface area contributed by atoms with Crippen LogP contribution >= 0.6 is 12.2 Å². The Labute approximate surface area is 109 Å². The van der Waals surface area contributed by atoms with E-state index in [0.717, 1.165) is 44.4 Å². The van der Waals surface area contributed by atoms with Gasteiger partial charge in [-0.3, -0.25) is 4.79 Å². The van der Waals surface area contributed by atoms with Crippen molar-refractivity contribution < 1.29 is 4.79 Å². The average Bonchev–Trinajstić information content (AvgIpc) is 2.18. The fraction of sp³-hybridized carbons (Fsp3) is 0.846.